The van der Waals surface area contributed by atoms with Gasteiger partial charge in [-0.25, -0.2) is 17.5 Å². The van der Waals surface area contributed by atoms with E-state index in [1.807, 2.05) is 11.4 Å². The summed E-state index contributed by atoms with van der Waals surface area (Å²) in [6, 6.07) is 5.50. The van der Waals surface area contributed by atoms with Gasteiger partial charge in [0.1, 0.15) is 10.7 Å². The molecule has 8 heteroatoms. The van der Waals surface area contributed by atoms with Crippen molar-refractivity contribution in [1.82, 2.24) is 4.72 Å². The average molecular weight is 365 g/mol. The fourth-order valence-electron chi connectivity index (χ4n) is 1.44. The van der Waals surface area contributed by atoms with E-state index in [2.05, 4.69) is 20.7 Å². The van der Waals surface area contributed by atoms with Gasteiger partial charge in [0.05, 0.1) is 5.69 Å². The van der Waals surface area contributed by atoms with Gasteiger partial charge < -0.3 is 5.73 Å². The van der Waals surface area contributed by atoms with Gasteiger partial charge in [0.15, 0.2) is 0 Å². The van der Waals surface area contributed by atoms with Crippen LogP contribution in [0.1, 0.15) is 4.88 Å². The first-order valence-corrected chi connectivity index (χ1v) is 8.32. The highest BCUT2D eigenvalue weighted by atomic mass is 79.9. The summed E-state index contributed by atoms with van der Waals surface area (Å²) in [6.07, 6.45) is 0. The Kier molecular flexibility index (Phi) is 4.24. The van der Waals surface area contributed by atoms with Crippen LogP contribution in [0, 0.1) is 5.82 Å². The largest absolute Gasteiger partial charge is 0.395 e. The lowest BCUT2D eigenvalue weighted by Crippen LogP contribution is -2.24. The zero-order chi connectivity index (χ0) is 14.0. The number of hydrogen-bond acceptors (Lipinski definition) is 4. The first-order chi connectivity index (χ1) is 8.90. The highest BCUT2D eigenvalue weighted by Crippen LogP contribution is 2.23. The summed E-state index contributed by atoms with van der Waals surface area (Å²) in [6.45, 7) is 0.133. The highest BCUT2D eigenvalue weighted by molar-refractivity contribution is 9.10. The van der Waals surface area contributed by atoms with Crippen molar-refractivity contribution in [1.29, 1.82) is 0 Å². The van der Waals surface area contributed by atoms with Crippen LogP contribution < -0.4 is 10.5 Å². The number of sulfonamides is 1. The number of nitrogen functional groups attached to an aromatic ring is 1. The fraction of sp³-hybridized carbons (Fsp3) is 0.0909. The number of nitrogens with one attached hydrogen (secondary N) is 1. The van der Waals surface area contributed by atoms with Gasteiger partial charge in [-0.3, -0.25) is 0 Å². The molecule has 0 atom stereocenters. The van der Waals surface area contributed by atoms with Crippen molar-refractivity contribution in [2.75, 3.05) is 5.73 Å². The van der Waals surface area contributed by atoms with Crippen molar-refractivity contribution in [3.63, 3.8) is 0 Å². The molecule has 1 aromatic heterocycles. The van der Waals surface area contributed by atoms with E-state index >= 15 is 0 Å². The maximum atomic E-state index is 13.3. The fourth-order valence-corrected chi connectivity index (χ4v) is 4.07. The Hall–Kier alpha value is -0.960. The molecule has 0 bridgehead atoms. The van der Waals surface area contributed by atoms with E-state index in [4.69, 9.17) is 5.73 Å². The van der Waals surface area contributed by atoms with Crippen molar-refractivity contribution in [2.24, 2.45) is 0 Å². The summed E-state index contributed by atoms with van der Waals surface area (Å²) in [5.74, 6) is -0.748. The standard InChI is InChI=1S/C11H10BrFN2O2S2/c12-7-4-8(18-6-7)5-15-19(16,17)10-3-1-2-9(13)11(10)14/h1-4,6,15H,5,14H2. The molecular weight excluding hydrogens is 355 g/mol. The van der Waals surface area contributed by atoms with Gasteiger partial charge in [0.2, 0.25) is 10.0 Å². The lowest BCUT2D eigenvalue weighted by molar-refractivity contribution is 0.579. The summed E-state index contributed by atoms with van der Waals surface area (Å²) in [7, 11) is -3.83. The van der Waals surface area contributed by atoms with Gasteiger partial charge >= 0.3 is 0 Å². The molecule has 102 valence electrons. The molecule has 0 unspecified atom stereocenters. The van der Waals surface area contributed by atoms with E-state index in [1.165, 1.54) is 23.5 Å². The average Bonchev–Trinajstić information content (AvgIpc) is 2.76. The number of benzene rings is 1. The summed E-state index contributed by atoms with van der Waals surface area (Å²) in [4.78, 5) is 0.591. The molecule has 19 heavy (non-hydrogen) atoms. The molecule has 2 rings (SSSR count). The molecule has 0 amide bonds. The van der Waals surface area contributed by atoms with Gasteiger partial charge in [-0.2, -0.15) is 0 Å². The second kappa shape index (κ2) is 5.58. The zero-order valence-electron chi connectivity index (χ0n) is 9.56. The highest BCUT2D eigenvalue weighted by Gasteiger charge is 2.19. The molecule has 0 aliphatic heterocycles. The minimum Gasteiger partial charge on any atom is -0.395 e. The van der Waals surface area contributed by atoms with Crippen LogP contribution in [0.5, 0.6) is 0 Å². The normalized spacial score (nSPS) is 11.7. The van der Waals surface area contributed by atoms with Crippen molar-refractivity contribution in [2.45, 2.75) is 11.4 Å². The molecule has 0 aliphatic rings. The number of rotatable bonds is 4. The van der Waals surface area contributed by atoms with Gasteiger partial charge in [0.25, 0.3) is 0 Å². The van der Waals surface area contributed by atoms with Crippen LogP contribution in [0.4, 0.5) is 10.1 Å². The number of halogens is 2. The van der Waals surface area contributed by atoms with Gasteiger partial charge in [0, 0.05) is 21.3 Å². The Labute approximate surface area is 122 Å². The molecule has 4 nitrogen and oxygen atoms in total. The van der Waals surface area contributed by atoms with E-state index in [0.717, 1.165) is 15.4 Å². The first kappa shape index (κ1) is 14.4. The summed E-state index contributed by atoms with van der Waals surface area (Å²) in [5, 5.41) is 1.85. The zero-order valence-corrected chi connectivity index (χ0v) is 12.8. The van der Waals surface area contributed by atoms with Crippen molar-refractivity contribution < 1.29 is 12.8 Å². The Morgan fingerprint density at radius 2 is 2.16 bits per heavy atom. The van der Waals surface area contributed by atoms with Crippen LogP contribution in [0.2, 0.25) is 0 Å². The van der Waals surface area contributed by atoms with Crippen LogP contribution >= 0.6 is 27.3 Å². The SMILES string of the molecule is Nc1c(F)cccc1S(=O)(=O)NCc1cc(Br)cs1. The minimum absolute atomic E-state index is 0.133. The number of para-hydroxylation sites is 1. The maximum Gasteiger partial charge on any atom is 0.243 e. The third-order valence-electron chi connectivity index (χ3n) is 2.36. The molecule has 0 aliphatic carbocycles. The number of hydrogen-bond donors (Lipinski definition) is 2. The Morgan fingerprint density at radius 1 is 1.42 bits per heavy atom. The van der Waals surface area contributed by atoms with Crippen molar-refractivity contribution in [3.05, 3.63) is 44.8 Å². The topological polar surface area (TPSA) is 72.2 Å². The maximum absolute atomic E-state index is 13.3. The molecule has 1 aromatic carbocycles. The number of nitrogens with two attached hydrogens (primary N) is 1. The molecule has 2 aromatic rings. The quantitative estimate of drug-likeness (QED) is 0.819. The van der Waals surface area contributed by atoms with Crippen LogP contribution in [-0.4, -0.2) is 8.42 Å². The Balaban J connectivity index is 2.21. The minimum atomic E-state index is -3.83. The van der Waals surface area contributed by atoms with Crippen LogP contribution in [0.25, 0.3) is 0 Å². The predicted octanol–water partition coefficient (Wildman–Crippen LogP) is 2.71. The van der Waals surface area contributed by atoms with E-state index in [9.17, 15) is 12.8 Å². The van der Waals surface area contributed by atoms with E-state index in [0.29, 0.717) is 0 Å². The smallest absolute Gasteiger partial charge is 0.243 e. The van der Waals surface area contributed by atoms with Gasteiger partial charge in [-0.15, -0.1) is 11.3 Å². The van der Waals surface area contributed by atoms with Crippen LogP contribution in [0.3, 0.4) is 0 Å². The van der Waals surface area contributed by atoms with E-state index in [-0.39, 0.29) is 17.1 Å². The molecule has 3 N–H and O–H groups in total. The number of thiophene rings is 1. The molecular formula is C11H10BrFN2O2S2. The van der Waals surface area contributed by atoms with Gasteiger partial charge in [-0.1, -0.05) is 6.07 Å². The van der Waals surface area contributed by atoms with E-state index < -0.39 is 15.8 Å². The molecule has 0 fully saturated rings. The van der Waals surface area contributed by atoms with Crippen LogP contribution in [-0.2, 0) is 16.6 Å². The second-order valence-electron chi connectivity index (χ2n) is 3.71. The molecule has 0 spiro atoms. The summed E-state index contributed by atoms with van der Waals surface area (Å²) >= 11 is 4.70. The number of anilines is 1. The summed E-state index contributed by atoms with van der Waals surface area (Å²) in [5.41, 5.74) is 5.07. The molecule has 0 saturated carbocycles. The first-order valence-electron chi connectivity index (χ1n) is 5.17. The van der Waals surface area contributed by atoms with Crippen molar-refractivity contribution in [3.8, 4) is 0 Å². The third kappa shape index (κ3) is 3.33. The van der Waals surface area contributed by atoms with E-state index in [1.54, 1.807) is 0 Å². The molecule has 0 radical (unpaired) electrons. The third-order valence-corrected chi connectivity index (χ3v) is 5.52. The van der Waals surface area contributed by atoms with Crippen LogP contribution in [0.15, 0.2) is 39.0 Å². The molecule has 1 heterocycles. The second-order valence-corrected chi connectivity index (χ2v) is 7.35. The van der Waals surface area contributed by atoms with Gasteiger partial charge in [-0.05, 0) is 34.1 Å². The summed E-state index contributed by atoms with van der Waals surface area (Å²) < 4.78 is 40.6. The lowest BCUT2D eigenvalue weighted by atomic mass is 10.3. The Bertz CT molecular complexity index is 700. The monoisotopic (exact) mass is 364 g/mol. The van der Waals surface area contributed by atoms with Crippen molar-refractivity contribution >= 4 is 43.0 Å². The molecule has 0 saturated heterocycles. The predicted molar refractivity (Wildman–Crippen MR) is 76.9 cm³/mol. The Morgan fingerprint density at radius 3 is 2.79 bits per heavy atom. The lowest BCUT2D eigenvalue weighted by Gasteiger charge is -2.08.